The maximum absolute atomic E-state index is 12.8. The molecule has 0 spiro atoms. The van der Waals surface area contributed by atoms with Crippen LogP contribution < -0.4 is 10.6 Å². The number of nitrogens with zero attached hydrogens (tertiary/aromatic N) is 2. The lowest BCUT2D eigenvalue weighted by atomic mass is 10.1. The summed E-state index contributed by atoms with van der Waals surface area (Å²) in [6, 6.07) is 15.8. The molecule has 1 aliphatic rings. The lowest BCUT2D eigenvalue weighted by Gasteiger charge is -2.25. The highest BCUT2D eigenvalue weighted by Crippen LogP contribution is 2.21. The minimum atomic E-state index is -0.314. The minimum Gasteiger partial charge on any atom is -0.379 e. The largest absolute Gasteiger partial charge is 0.379 e. The number of aromatic nitrogens is 1. The summed E-state index contributed by atoms with van der Waals surface area (Å²) in [5.74, 6) is -0.580. The summed E-state index contributed by atoms with van der Waals surface area (Å²) in [7, 11) is 0. The number of morpholine rings is 1. The molecule has 2 heterocycles. The van der Waals surface area contributed by atoms with Crippen molar-refractivity contribution in [2.24, 2.45) is 0 Å². The van der Waals surface area contributed by atoms with Gasteiger partial charge in [-0.2, -0.15) is 0 Å². The summed E-state index contributed by atoms with van der Waals surface area (Å²) in [4.78, 5) is 32.1. The second-order valence-corrected chi connectivity index (χ2v) is 7.71. The molecular weight excluding hydrogens is 400 g/mol. The van der Waals surface area contributed by atoms with Gasteiger partial charge < -0.3 is 10.1 Å². The number of hydrogen-bond donors (Lipinski definition) is 2. The summed E-state index contributed by atoms with van der Waals surface area (Å²) in [5, 5.41) is 8.15. The molecule has 7 nitrogen and oxygen atoms in total. The van der Waals surface area contributed by atoms with Crippen LogP contribution in [-0.2, 0) is 11.3 Å². The van der Waals surface area contributed by atoms with Gasteiger partial charge in [-0.15, -0.1) is 11.3 Å². The van der Waals surface area contributed by atoms with E-state index in [0.717, 1.165) is 38.5 Å². The number of rotatable bonds is 6. The van der Waals surface area contributed by atoms with E-state index in [9.17, 15) is 9.59 Å². The number of hydrogen-bond acceptors (Lipinski definition) is 6. The first-order valence-electron chi connectivity index (χ1n) is 9.70. The third-order valence-corrected chi connectivity index (χ3v) is 5.52. The second-order valence-electron chi connectivity index (χ2n) is 6.85. The fourth-order valence-electron chi connectivity index (χ4n) is 3.16. The van der Waals surface area contributed by atoms with Crippen LogP contribution in [0, 0.1) is 0 Å². The minimum absolute atomic E-state index is 0.266. The van der Waals surface area contributed by atoms with Gasteiger partial charge in [0.15, 0.2) is 5.13 Å². The number of para-hydroxylation sites is 1. The van der Waals surface area contributed by atoms with E-state index in [0.29, 0.717) is 21.9 Å². The Balaban J connectivity index is 1.42. The summed E-state index contributed by atoms with van der Waals surface area (Å²) < 4.78 is 5.36. The third-order valence-electron chi connectivity index (χ3n) is 4.72. The molecule has 154 valence electrons. The van der Waals surface area contributed by atoms with Gasteiger partial charge in [-0.3, -0.25) is 19.8 Å². The van der Waals surface area contributed by atoms with Crippen molar-refractivity contribution < 1.29 is 14.3 Å². The zero-order valence-electron chi connectivity index (χ0n) is 16.3. The summed E-state index contributed by atoms with van der Waals surface area (Å²) in [6.07, 6.45) is 0. The van der Waals surface area contributed by atoms with E-state index >= 15 is 0 Å². The van der Waals surface area contributed by atoms with E-state index in [4.69, 9.17) is 4.74 Å². The number of carbonyl (C=O) groups is 2. The molecule has 30 heavy (non-hydrogen) atoms. The Morgan fingerprint density at radius 2 is 1.70 bits per heavy atom. The molecule has 8 heteroatoms. The fraction of sp³-hybridized carbons (Fsp3) is 0.227. The monoisotopic (exact) mass is 422 g/mol. The summed E-state index contributed by atoms with van der Waals surface area (Å²) in [5.41, 5.74) is 2.28. The zero-order valence-corrected chi connectivity index (χ0v) is 17.2. The third kappa shape index (κ3) is 5.10. The number of thiazole rings is 1. The van der Waals surface area contributed by atoms with Gasteiger partial charge in [0.25, 0.3) is 11.8 Å². The Bertz CT molecular complexity index is 1020. The zero-order chi connectivity index (χ0) is 20.8. The van der Waals surface area contributed by atoms with E-state index in [1.54, 1.807) is 48.5 Å². The highest BCUT2D eigenvalue weighted by molar-refractivity contribution is 7.14. The van der Waals surface area contributed by atoms with Crippen LogP contribution in [0.1, 0.15) is 26.4 Å². The second kappa shape index (κ2) is 9.62. The highest BCUT2D eigenvalue weighted by Gasteiger charge is 2.17. The number of amides is 2. The van der Waals surface area contributed by atoms with Crippen LogP contribution >= 0.6 is 11.3 Å². The van der Waals surface area contributed by atoms with Crippen molar-refractivity contribution in [3.8, 4) is 0 Å². The Kier molecular flexibility index (Phi) is 6.48. The average molecular weight is 423 g/mol. The van der Waals surface area contributed by atoms with E-state index in [1.807, 2.05) is 11.4 Å². The van der Waals surface area contributed by atoms with Crippen molar-refractivity contribution in [3.63, 3.8) is 0 Å². The van der Waals surface area contributed by atoms with Crippen molar-refractivity contribution in [2.45, 2.75) is 6.54 Å². The summed E-state index contributed by atoms with van der Waals surface area (Å²) in [6.45, 7) is 3.97. The molecule has 1 fully saturated rings. The first-order valence-corrected chi connectivity index (χ1v) is 10.6. The first kappa shape index (κ1) is 20.2. The van der Waals surface area contributed by atoms with Crippen LogP contribution in [0.5, 0.6) is 0 Å². The predicted molar refractivity (Wildman–Crippen MR) is 117 cm³/mol. The maximum Gasteiger partial charge on any atom is 0.259 e. The van der Waals surface area contributed by atoms with Gasteiger partial charge in [0.1, 0.15) is 0 Å². The number of anilines is 2. The molecule has 3 aromatic rings. The van der Waals surface area contributed by atoms with E-state index in [-0.39, 0.29) is 11.8 Å². The van der Waals surface area contributed by atoms with E-state index in [1.165, 1.54) is 11.3 Å². The normalized spacial score (nSPS) is 14.3. The molecule has 1 aliphatic heterocycles. The Hall–Kier alpha value is -3.07. The standard InChI is InChI=1S/C22H22N4O3S/c27-20(16-6-2-1-3-7-16)24-19-9-5-4-8-18(19)21(28)25-22-23-17(15-30-22)14-26-10-12-29-13-11-26/h1-9,15H,10-14H2,(H,24,27)(H,23,25,28). The van der Waals surface area contributed by atoms with Crippen molar-refractivity contribution in [2.75, 3.05) is 36.9 Å². The van der Waals surface area contributed by atoms with Gasteiger partial charge in [0, 0.05) is 30.6 Å². The van der Waals surface area contributed by atoms with Crippen LogP contribution in [0.4, 0.5) is 10.8 Å². The SMILES string of the molecule is O=C(Nc1ccccc1C(=O)Nc1nc(CN2CCOCC2)cs1)c1ccccc1. The van der Waals surface area contributed by atoms with Gasteiger partial charge in [-0.25, -0.2) is 4.98 Å². The molecule has 0 atom stereocenters. The lowest BCUT2D eigenvalue weighted by molar-refractivity contribution is 0.0337. The average Bonchev–Trinajstić information content (AvgIpc) is 3.22. The molecule has 0 saturated carbocycles. The number of ether oxygens (including phenoxy) is 1. The number of nitrogens with one attached hydrogen (secondary N) is 2. The molecule has 4 rings (SSSR count). The molecule has 2 amide bonds. The van der Waals surface area contributed by atoms with Crippen molar-refractivity contribution in [1.82, 2.24) is 9.88 Å². The van der Waals surface area contributed by atoms with Crippen LogP contribution in [0.25, 0.3) is 0 Å². The molecule has 1 aromatic heterocycles. The van der Waals surface area contributed by atoms with Gasteiger partial charge in [-0.1, -0.05) is 30.3 Å². The molecule has 0 aliphatic carbocycles. The quantitative estimate of drug-likeness (QED) is 0.635. The lowest BCUT2D eigenvalue weighted by Crippen LogP contribution is -2.35. The Labute approximate surface area is 178 Å². The fourth-order valence-corrected chi connectivity index (χ4v) is 3.86. The van der Waals surface area contributed by atoms with Crippen LogP contribution in [0.15, 0.2) is 60.0 Å². The first-order chi connectivity index (χ1) is 14.7. The van der Waals surface area contributed by atoms with Crippen molar-refractivity contribution >= 4 is 34.0 Å². The van der Waals surface area contributed by atoms with E-state index < -0.39 is 0 Å². The van der Waals surface area contributed by atoms with Gasteiger partial charge in [-0.05, 0) is 24.3 Å². The van der Waals surface area contributed by atoms with Crippen LogP contribution in [0.2, 0.25) is 0 Å². The molecule has 0 unspecified atom stereocenters. The van der Waals surface area contributed by atoms with Crippen molar-refractivity contribution in [1.29, 1.82) is 0 Å². The van der Waals surface area contributed by atoms with Gasteiger partial charge >= 0.3 is 0 Å². The molecule has 1 saturated heterocycles. The highest BCUT2D eigenvalue weighted by atomic mass is 32.1. The Morgan fingerprint density at radius 1 is 0.967 bits per heavy atom. The smallest absolute Gasteiger partial charge is 0.259 e. The predicted octanol–water partition coefficient (Wildman–Crippen LogP) is 3.48. The van der Waals surface area contributed by atoms with Gasteiger partial charge in [0.05, 0.1) is 30.2 Å². The molecule has 2 N–H and O–H groups in total. The van der Waals surface area contributed by atoms with Crippen molar-refractivity contribution in [3.05, 3.63) is 76.8 Å². The maximum atomic E-state index is 12.8. The molecule has 2 aromatic carbocycles. The Morgan fingerprint density at radius 3 is 2.50 bits per heavy atom. The van der Waals surface area contributed by atoms with Gasteiger partial charge in [0.2, 0.25) is 0 Å². The number of carbonyl (C=O) groups excluding carboxylic acids is 2. The molecule has 0 bridgehead atoms. The molecule has 0 radical (unpaired) electrons. The molecular formula is C22H22N4O3S. The van der Waals surface area contributed by atoms with E-state index in [2.05, 4.69) is 20.5 Å². The van der Waals surface area contributed by atoms with Crippen LogP contribution in [0.3, 0.4) is 0 Å². The number of benzene rings is 2. The summed E-state index contributed by atoms with van der Waals surface area (Å²) >= 11 is 1.39. The topological polar surface area (TPSA) is 83.6 Å². The van der Waals surface area contributed by atoms with Crippen LogP contribution in [-0.4, -0.2) is 48.0 Å².